The zero-order valence-electron chi connectivity index (χ0n) is 10.9. The van der Waals surface area contributed by atoms with Gasteiger partial charge < -0.3 is 10.0 Å². The topological polar surface area (TPSA) is 66.3 Å². The number of carboxylic acids is 1. The SMILES string of the molecule is CCc1cc(N(C)c2ccc(C(=O)O)cc2)ncn1. The number of rotatable bonds is 4. The average molecular weight is 257 g/mol. The summed E-state index contributed by atoms with van der Waals surface area (Å²) in [5, 5.41) is 8.87. The molecule has 19 heavy (non-hydrogen) atoms. The van der Waals surface area contributed by atoms with Crippen molar-refractivity contribution < 1.29 is 9.90 Å². The minimum absolute atomic E-state index is 0.272. The Balaban J connectivity index is 2.27. The van der Waals surface area contributed by atoms with E-state index in [4.69, 9.17) is 5.11 Å². The van der Waals surface area contributed by atoms with Crippen molar-refractivity contribution >= 4 is 17.5 Å². The van der Waals surface area contributed by atoms with E-state index in [2.05, 4.69) is 9.97 Å². The van der Waals surface area contributed by atoms with Gasteiger partial charge in [-0.15, -0.1) is 0 Å². The highest BCUT2D eigenvalue weighted by molar-refractivity contribution is 5.88. The summed E-state index contributed by atoms with van der Waals surface area (Å²) in [6.07, 6.45) is 2.39. The molecule has 2 aromatic rings. The van der Waals surface area contributed by atoms with Crippen LogP contribution in [0.25, 0.3) is 0 Å². The number of nitrogens with zero attached hydrogens (tertiary/aromatic N) is 3. The molecule has 0 spiro atoms. The van der Waals surface area contributed by atoms with E-state index in [1.54, 1.807) is 24.3 Å². The Morgan fingerprint density at radius 1 is 1.26 bits per heavy atom. The fraction of sp³-hybridized carbons (Fsp3) is 0.214. The molecule has 2 rings (SSSR count). The predicted molar refractivity (Wildman–Crippen MR) is 72.9 cm³/mol. The maximum atomic E-state index is 10.8. The first-order valence-corrected chi connectivity index (χ1v) is 6.00. The number of anilines is 2. The highest BCUT2D eigenvalue weighted by Crippen LogP contribution is 2.22. The molecule has 0 saturated carbocycles. The molecule has 0 saturated heterocycles. The standard InChI is InChI=1S/C14H15N3O2/c1-3-11-8-13(16-9-15-11)17(2)12-6-4-10(5-7-12)14(18)19/h4-9H,3H2,1-2H3,(H,18,19). The van der Waals surface area contributed by atoms with Crippen LogP contribution in [-0.2, 0) is 6.42 Å². The summed E-state index contributed by atoms with van der Waals surface area (Å²) in [7, 11) is 1.89. The van der Waals surface area contributed by atoms with E-state index >= 15 is 0 Å². The number of carboxylic acid groups (broad SMARTS) is 1. The second-order valence-electron chi connectivity index (χ2n) is 4.13. The van der Waals surface area contributed by atoms with Gasteiger partial charge in [-0.05, 0) is 30.7 Å². The van der Waals surface area contributed by atoms with Crippen molar-refractivity contribution in [3.63, 3.8) is 0 Å². The summed E-state index contributed by atoms with van der Waals surface area (Å²) >= 11 is 0. The Kier molecular flexibility index (Phi) is 3.75. The number of hydrogen-bond acceptors (Lipinski definition) is 4. The summed E-state index contributed by atoms with van der Waals surface area (Å²) in [6.45, 7) is 2.04. The summed E-state index contributed by atoms with van der Waals surface area (Å²) in [5.41, 5.74) is 2.12. The molecular weight excluding hydrogens is 242 g/mol. The molecule has 1 aromatic carbocycles. The number of aryl methyl sites for hydroxylation is 1. The molecule has 1 N–H and O–H groups in total. The van der Waals surface area contributed by atoms with Crippen molar-refractivity contribution in [1.82, 2.24) is 9.97 Å². The molecule has 1 aromatic heterocycles. The average Bonchev–Trinajstić information content (AvgIpc) is 2.46. The third-order valence-electron chi connectivity index (χ3n) is 2.92. The fourth-order valence-corrected chi connectivity index (χ4v) is 1.72. The Bertz CT molecular complexity index is 581. The Hall–Kier alpha value is -2.43. The van der Waals surface area contributed by atoms with Gasteiger partial charge in [0.2, 0.25) is 0 Å². The first-order valence-electron chi connectivity index (χ1n) is 6.00. The monoisotopic (exact) mass is 257 g/mol. The normalized spacial score (nSPS) is 10.2. The van der Waals surface area contributed by atoms with Crippen molar-refractivity contribution in [3.8, 4) is 0 Å². The summed E-state index contributed by atoms with van der Waals surface area (Å²) in [5.74, 6) is -0.139. The highest BCUT2D eigenvalue weighted by atomic mass is 16.4. The van der Waals surface area contributed by atoms with E-state index < -0.39 is 5.97 Å². The van der Waals surface area contributed by atoms with Crippen LogP contribution in [0, 0.1) is 0 Å². The van der Waals surface area contributed by atoms with Gasteiger partial charge in [-0.1, -0.05) is 6.92 Å². The first kappa shape index (κ1) is 13.0. The molecule has 0 aliphatic heterocycles. The third kappa shape index (κ3) is 2.88. The molecule has 0 unspecified atom stereocenters. The van der Waals surface area contributed by atoms with Crippen LogP contribution >= 0.6 is 0 Å². The van der Waals surface area contributed by atoms with E-state index in [0.29, 0.717) is 0 Å². The van der Waals surface area contributed by atoms with Crippen LogP contribution < -0.4 is 4.90 Å². The van der Waals surface area contributed by atoms with Crippen molar-refractivity contribution in [2.24, 2.45) is 0 Å². The Morgan fingerprint density at radius 2 is 1.95 bits per heavy atom. The van der Waals surface area contributed by atoms with E-state index in [9.17, 15) is 4.79 Å². The molecule has 1 heterocycles. The van der Waals surface area contributed by atoms with Crippen LogP contribution in [0.4, 0.5) is 11.5 Å². The third-order valence-corrected chi connectivity index (χ3v) is 2.92. The van der Waals surface area contributed by atoms with Crippen LogP contribution in [0.5, 0.6) is 0 Å². The number of benzene rings is 1. The van der Waals surface area contributed by atoms with Crippen molar-refractivity contribution in [3.05, 3.63) is 47.9 Å². The van der Waals surface area contributed by atoms with Crippen LogP contribution in [0.15, 0.2) is 36.7 Å². The molecule has 0 fully saturated rings. The van der Waals surface area contributed by atoms with Crippen molar-refractivity contribution in [2.45, 2.75) is 13.3 Å². The van der Waals surface area contributed by atoms with Gasteiger partial charge in [-0.2, -0.15) is 0 Å². The molecule has 0 aliphatic rings. The first-order chi connectivity index (χ1) is 9.11. The molecule has 98 valence electrons. The van der Waals surface area contributed by atoms with Gasteiger partial charge in [0.1, 0.15) is 12.1 Å². The van der Waals surface area contributed by atoms with Gasteiger partial charge in [0.15, 0.2) is 0 Å². The quantitative estimate of drug-likeness (QED) is 0.911. The second-order valence-corrected chi connectivity index (χ2v) is 4.13. The number of hydrogen-bond donors (Lipinski definition) is 1. The zero-order chi connectivity index (χ0) is 13.8. The largest absolute Gasteiger partial charge is 0.478 e. The molecule has 0 amide bonds. The van der Waals surface area contributed by atoms with Gasteiger partial charge in [0, 0.05) is 24.5 Å². The lowest BCUT2D eigenvalue weighted by Gasteiger charge is -2.18. The van der Waals surface area contributed by atoms with Crippen LogP contribution in [0.1, 0.15) is 23.0 Å². The van der Waals surface area contributed by atoms with Crippen LogP contribution in [0.2, 0.25) is 0 Å². The van der Waals surface area contributed by atoms with Crippen molar-refractivity contribution in [1.29, 1.82) is 0 Å². The number of carbonyl (C=O) groups is 1. The minimum Gasteiger partial charge on any atom is -0.478 e. The number of aromatic nitrogens is 2. The van der Waals surface area contributed by atoms with Gasteiger partial charge in [-0.3, -0.25) is 0 Å². The highest BCUT2D eigenvalue weighted by Gasteiger charge is 2.08. The second kappa shape index (κ2) is 5.48. The van der Waals surface area contributed by atoms with Gasteiger partial charge in [0.05, 0.1) is 5.56 Å². The van der Waals surface area contributed by atoms with Crippen molar-refractivity contribution in [2.75, 3.05) is 11.9 Å². The maximum Gasteiger partial charge on any atom is 0.335 e. The predicted octanol–water partition coefficient (Wildman–Crippen LogP) is 2.51. The van der Waals surface area contributed by atoms with Gasteiger partial charge in [-0.25, -0.2) is 14.8 Å². The van der Waals surface area contributed by atoms with E-state index in [1.807, 2.05) is 24.9 Å². The lowest BCUT2D eigenvalue weighted by atomic mass is 10.2. The van der Waals surface area contributed by atoms with E-state index in [1.165, 1.54) is 6.33 Å². The molecule has 5 nitrogen and oxygen atoms in total. The molecular formula is C14H15N3O2. The van der Waals surface area contributed by atoms with E-state index in [-0.39, 0.29) is 5.56 Å². The Morgan fingerprint density at radius 3 is 2.53 bits per heavy atom. The smallest absolute Gasteiger partial charge is 0.335 e. The fourth-order valence-electron chi connectivity index (χ4n) is 1.72. The maximum absolute atomic E-state index is 10.8. The van der Waals surface area contributed by atoms with E-state index in [0.717, 1.165) is 23.6 Å². The summed E-state index contributed by atoms with van der Waals surface area (Å²) < 4.78 is 0. The van der Waals surface area contributed by atoms with Crippen LogP contribution in [-0.4, -0.2) is 28.1 Å². The Labute approximate surface area is 111 Å². The zero-order valence-corrected chi connectivity index (χ0v) is 10.9. The van der Waals surface area contributed by atoms with Crippen LogP contribution in [0.3, 0.4) is 0 Å². The lowest BCUT2D eigenvalue weighted by Crippen LogP contribution is -2.12. The van der Waals surface area contributed by atoms with Gasteiger partial charge in [0.25, 0.3) is 0 Å². The molecule has 0 bridgehead atoms. The number of aromatic carboxylic acids is 1. The molecule has 5 heteroatoms. The molecule has 0 atom stereocenters. The summed E-state index contributed by atoms with van der Waals surface area (Å²) in [4.78, 5) is 21.1. The molecule has 0 radical (unpaired) electrons. The van der Waals surface area contributed by atoms with Gasteiger partial charge >= 0.3 is 5.97 Å². The molecule has 0 aliphatic carbocycles. The lowest BCUT2D eigenvalue weighted by molar-refractivity contribution is 0.0697. The summed E-state index contributed by atoms with van der Waals surface area (Å²) in [6, 6.07) is 8.60. The minimum atomic E-state index is -0.926.